The van der Waals surface area contributed by atoms with Crippen molar-refractivity contribution in [3.8, 4) is 0 Å². The van der Waals surface area contributed by atoms with Crippen molar-refractivity contribution in [1.29, 1.82) is 0 Å². The molecule has 4 atom stereocenters. The predicted molar refractivity (Wildman–Crippen MR) is 118 cm³/mol. The summed E-state index contributed by atoms with van der Waals surface area (Å²) in [6.07, 6.45) is 0.684. The third kappa shape index (κ3) is 12.7. The summed E-state index contributed by atoms with van der Waals surface area (Å²) in [5.41, 5.74) is 10.8. The molecule has 13 nitrogen and oxygen atoms in total. The number of unbranched alkanes of at least 4 members (excludes halogenated alkanes) is 1. The maximum atomic E-state index is 12.8. The van der Waals surface area contributed by atoms with Gasteiger partial charge in [0.05, 0.1) is 6.61 Å². The first-order valence-corrected chi connectivity index (χ1v) is 10.8. The van der Waals surface area contributed by atoms with Gasteiger partial charge in [-0.3, -0.25) is 19.2 Å². The number of nitrogens with one attached hydrogen (secondary N) is 3. The Kier molecular flexibility index (Phi) is 14.6. The van der Waals surface area contributed by atoms with Gasteiger partial charge in [0.25, 0.3) is 0 Å². The second kappa shape index (κ2) is 15.9. The monoisotopic (exact) mass is 475 g/mol. The summed E-state index contributed by atoms with van der Waals surface area (Å²) in [6.45, 7) is 3.30. The van der Waals surface area contributed by atoms with Crippen LogP contribution in [0.15, 0.2) is 0 Å². The maximum Gasteiger partial charge on any atom is 0.326 e. The lowest BCUT2D eigenvalue weighted by molar-refractivity contribution is -0.142. The molecule has 33 heavy (non-hydrogen) atoms. The maximum absolute atomic E-state index is 12.8. The van der Waals surface area contributed by atoms with Crippen LogP contribution in [0.25, 0.3) is 0 Å². The molecule has 0 aliphatic heterocycles. The highest BCUT2D eigenvalue weighted by molar-refractivity contribution is 5.94. The zero-order chi connectivity index (χ0) is 25.6. The summed E-state index contributed by atoms with van der Waals surface area (Å²) >= 11 is 0. The number of carbonyl (C=O) groups excluding carboxylic acids is 3. The molecule has 3 amide bonds. The summed E-state index contributed by atoms with van der Waals surface area (Å²) in [7, 11) is 0. The van der Waals surface area contributed by atoms with E-state index in [1.54, 1.807) is 13.8 Å². The topological polar surface area (TPSA) is 234 Å². The molecule has 4 unspecified atom stereocenters. The van der Waals surface area contributed by atoms with Gasteiger partial charge < -0.3 is 42.7 Å². The van der Waals surface area contributed by atoms with E-state index < -0.39 is 66.9 Å². The molecule has 0 radical (unpaired) electrons. The highest BCUT2D eigenvalue weighted by Crippen LogP contribution is 2.09. The number of carbonyl (C=O) groups is 5. The number of aliphatic hydroxyl groups excluding tert-OH is 1. The Morgan fingerprint density at radius 1 is 0.818 bits per heavy atom. The Bertz CT molecular complexity index is 673. The van der Waals surface area contributed by atoms with Gasteiger partial charge in [0.1, 0.15) is 24.2 Å². The summed E-state index contributed by atoms with van der Waals surface area (Å²) < 4.78 is 0. The molecule has 13 heteroatoms. The van der Waals surface area contributed by atoms with Crippen molar-refractivity contribution in [3.63, 3.8) is 0 Å². The third-order valence-corrected chi connectivity index (χ3v) is 4.71. The summed E-state index contributed by atoms with van der Waals surface area (Å²) in [6, 6.07) is -4.93. The highest BCUT2D eigenvalue weighted by atomic mass is 16.4. The molecule has 0 aliphatic rings. The van der Waals surface area contributed by atoms with E-state index in [4.69, 9.17) is 21.7 Å². The summed E-state index contributed by atoms with van der Waals surface area (Å²) in [5, 5.41) is 34.5. The average Bonchev–Trinajstić information content (AvgIpc) is 2.73. The SMILES string of the molecule is CC(C)CC(NC(=O)C(CCC(=O)O)NC(=O)C(N)CO)C(=O)NC(CCCCN)C(=O)O. The quantitative estimate of drug-likeness (QED) is 0.106. The molecule has 0 aromatic carbocycles. The molecule has 190 valence electrons. The number of nitrogens with two attached hydrogens (primary N) is 2. The molecular formula is C20H37N5O8. The van der Waals surface area contributed by atoms with Crippen LogP contribution in [0.2, 0.25) is 0 Å². The number of carboxylic acid groups (broad SMARTS) is 2. The molecule has 0 fully saturated rings. The van der Waals surface area contributed by atoms with Gasteiger partial charge in [-0.05, 0) is 44.6 Å². The van der Waals surface area contributed by atoms with Crippen LogP contribution in [0.1, 0.15) is 52.4 Å². The fourth-order valence-electron chi connectivity index (χ4n) is 2.90. The number of aliphatic carboxylic acids is 2. The molecule has 0 rings (SSSR count). The third-order valence-electron chi connectivity index (χ3n) is 4.71. The van der Waals surface area contributed by atoms with Crippen LogP contribution in [-0.4, -0.2) is 82.3 Å². The fraction of sp³-hybridized carbons (Fsp3) is 0.750. The van der Waals surface area contributed by atoms with Crippen molar-refractivity contribution in [2.45, 2.75) is 76.5 Å². The van der Waals surface area contributed by atoms with Crippen molar-refractivity contribution < 1.29 is 39.3 Å². The summed E-state index contributed by atoms with van der Waals surface area (Å²) in [4.78, 5) is 60.0. The van der Waals surface area contributed by atoms with Gasteiger partial charge in [-0.1, -0.05) is 13.8 Å². The van der Waals surface area contributed by atoms with E-state index in [1.165, 1.54) is 0 Å². The summed E-state index contributed by atoms with van der Waals surface area (Å²) in [5.74, 6) is -4.89. The fourth-order valence-corrected chi connectivity index (χ4v) is 2.90. The van der Waals surface area contributed by atoms with Crippen LogP contribution < -0.4 is 27.4 Å². The van der Waals surface area contributed by atoms with Gasteiger partial charge in [0.15, 0.2) is 0 Å². The number of carboxylic acids is 2. The van der Waals surface area contributed by atoms with E-state index in [-0.39, 0.29) is 25.2 Å². The van der Waals surface area contributed by atoms with Gasteiger partial charge in [-0.15, -0.1) is 0 Å². The van der Waals surface area contributed by atoms with E-state index in [9.17, 15) is 29.1 Å². The number of amides is 3. The van der Waals surface area contributed by atoms with E-state index in [0.717, 1.165) is 0 Å². The minimum Gasteiger partial charge on any atom is -0.481 e. The molecule has 0 aromatic heterocycles. The van der Waals surface area contributed by atoms with E-state index in [0.29, 0.717) is 19.4 Å². The predicted octanol–water partition coefficient (Wildman–Crippen LogP) is -2.12. The lowest BCUT2D eigenvalue weighted by Crippen LogP contribution is -2.57. The standard InChI is InChI=1S/C20H37N5O8/c1-11(2)9-15(19(31)24-14(20(32)33)5-3-4-8-21)25-18(30)13(6-7-16(27)28)23-17(29)12(22)10-26/h11-15,26H,3-10,21-22H2,1-2H3,(H,23,29)(H,24,31)(H,25,30)(H,27,28)(H,32,33). The first kappa shape index (κ1) is 30.2. The zero-order valence-corrected chi connectivity index (χ0v) is 19.1. The van der Waals surface area contributed by atoms with Crippen molar-refractivity contribution in [3.05, 3.63) is 0 Å². The Morgan fingerprint density at radius 2 is 1.36 bits per heavy atom. The number of rotatable bonds is 17. The van der Waals surface area contributed by atoms with E-state index in [2.05, 4.69) is 16.0 Å². The van der Waals surface area contributed by atoms with Gasteiger partial charge >= 0.3 is 11.9 Å². The Labute approximate surface area is 192 Å². The van der Waals surface area contributed by atoms with Crippen LogP contribution in [-0.2, 0) is 24.0 Å². The Balaban J connectivity index is 5.45. The highest BCUT2D eigenvalue weighted by Gasteiger charge is 2.30. The molecular weight excluding hydrogens is 438 g/mol. The molecule has 10 N–H and O–H groups in total. The van der Waals surface area contributed by atoms with E-state index >= 15 is 0 Å². The smallest absolute Gasteiger partial charge is 0.326 e. The second-order valence-corrected chi connectivity index (χ2v) is 8.16. The zero-order valence-electron chi connectivity index (χ0n) is 19.1. The number of aliphatic hydroxyl groups is 1. The van der Waals surface area contributed by atoms with Crippen LogP contribution in [0, 0.1) is 5.92 Å². The molecule has 0 heterocycles. The molecule has 0 aliphatic carbocycles. The van der Waals surface area contributed by atoms with E-state index in [1.807, 2.05) is 0 Å². The van der Waals surface area contributed by atoms with Crippen LogP contribution in [0.5, 0.6) is 0 Å². The minimum absolute atomic E-state index is 0.0589. The first-order valence-electron chi connectivity index (χ1n) is 10.8. The van der Waals surface area contributed by atoms with Gasteiger partial charge in [-0.25, -0.2) is 4.79 Å². The van der Waals surface area contributed by atoms with Gasteiger partial charge in [0.2, 0.25) is 17.7 Å². The lowest BCUT2D eigenvalue weighted by atomic mass is 10.0. The number of hydrogen-bond acceptors (Lipinski definition) is 8. The minimum atomic E-state index is -1.33. The lowest BCUT2D eigenvalue weighted by Gasteiger charge is -2.26. The van der Waals surface area contributed by atoms with Gasteiger partial charge in [0, 0.05) is 6.42 Å². The number of hydrogen-bond donors (Lipinski definition) is 8. The normalized spacial score (nSPS) is 14.6. The van der Waals surface area contributed by atoms with Crippen LogP contribution in [0.3, 0.4) is 0 Å². The molecule has 0 saturated heterocycles. The molecule has 0 bridgehead atoms. The first-order chi connectivity index (χ1) is 15.4. The van der Waals surface area contributed by atoms with Crippen molar-refractivity contribution >= 4 is 29.7 Å². The Hall–Kier alpha value is -2.77. The molecule has 0 aromatic rings. The molecule has 0 spiro atoms. The van der Waals surface area contributed by atoms with Crippen molar-refractivity contribution in [2.75, 3.05) is 13.2 Å². The molecule has 0 saturated carbocycles. The Morgan fingerprint density at radius 3 is 1.85 bits per heavy atom. The van der Waals surface area contributed by atoms with Crippen molar-refractivity contribution in [2.24, 2.45) is 17.4 Å². The largest absolute Gasteiger partial charge is 0.481 e. The van der Waals surface area contributed by atoms with Crippen molar-refractivity contribution in [1.82, 2.24) is 16.0 Å². The van der Waals surface area contributed by atoms with Crippen LogP contribution >= 0.6 is 0 Å². The van der Waals surface area contributed by atoms with Gasteiger partial charge in [-0.2, -0.15) is 0 Å². The van der Waals surface area contributed by atoms with Crippen LogP contribution in [0.4, 0.5) is 0 Å². The second-order valence-electron chi connectivity index (χ2n) is 8.16. The average molecular weight is 476 g/mol.